The van der Waals surface area contributed by atoms with Crippen molar-refractivity contribution in [2.75, 3.05) is 0 Å². The van der Waals surface area contributed by atoms with Gasteiger partial charge in [-0.1, -0.05) is 0 Å². The van der Waals surface area contributed by atoms with Gasteiger partial charge in [-0.05, 0) is 32.8 Å². The van der Waals surface area contributed by atoms with Crippen molar-refractivity contribution >= 4 is 16.9 Å². The topological polar surface area (TPSA) is 59.8 Å². The Bertz CT molecular complexity index is 640. The first-order valence-electron chi connectivity index (χ1n) is 6.18. The van der Waals surface area contributed by atoms with Crippen molar-refractivity contribution in [2.24, 2.45) is 7.05 Å². The zero-order chi connectivity index (χ0) is 12.9. The predicted octanol–water partition coefficient (Wildman–Crippen LogP) is 1.48. The van der Waals surface area contributed by atoms with E-state index in [0.29, 0.717) is 11.6 Å². The van der Waals surface area contributed by atoms with E-state index in [1.807, 2.05) is 27.0 Å². The number of hydrogen-bond donors (Lipinski definition) is 1. The molecule has 1 aliphatic rings. The number of amides is 1. The lowest BCUT2D eigenvalue weighted by Crippen LogP contribution is -2.26. The molecule has 0 saturated heterocycles. The van der Waals surface area contributed by atoms with Crippen molar-refractivity contribution in [1.29, 1.82) is 0 Å². The van der Waals surface area contributed by atoms with Gasteiger partial charge in [-0.3, -0.25) is 9.48 Å². The van der Waals surface area contributed by atoms with E-state index >= 15 is 0 Å². The second kappa shape index (κ2) is 3.80. The van der Waals surface area contributed by atoms with Crippen molar-refractivity contribution in [3.05, 3.63) is 23.0 Å². The highest BCUT2D eigenvalue weighted by atomic mass is 16.1. The molecule has 1 N–H and O–H groups in total. The van der Waals surface area contributed by atoms with Crippen molar-refractivity contribution in [1.82, 2.24) is 20.1 Å². The third kappa shape index (κ3) is 1.75. The molecule has 5 heteroatoms. The summed E-state index contributed by atoms with van der Waals surface area (Å²) in [6.07, 6.45) is 2.18. The van der Waals surface area contributed by atoms with E-state index in [1.54, 1.807) is 4.68 Å². The quantitative estimate of drug-likeness (QED) is 0.870. The Balaban J connectivity index is 2.08. The fourth-order valence-corrected chi connectivity index (χ4v) is 2.15. The summed E-state index contributed by atoms with van der Waals surface area (Å²) in [6.45, 7) is 3.80. The summed E-state index contributed by atoms with van der Waals surface area (Å²) in [7, 11) is 1.87. The predicted molar refractivity (Wildman–Crippen MR) is 68.5 cm³/mol. The summed E-state index contributed by atoms with van der Waals surface area (Å²) in [4.78, 5) is 16.6. The van der Waals surface area contributed by atoms with Crippen molar-refractivity contribution in [2.45, 2.75) is 32.7 Å². The molecule has 0 bridgehead atoms. The standard InChI is InChI=1S/C13H16N4O/c1-7-11(13(18)15-9-4-5-9)6-10-8(2)16-17(3)12(10)14-7/h6,9H,4-5H2,1-3H3,(H,15,18). The summed E-state index contributed by atoms with van der Waals surface area (Å²) < 4.78 is 1.75. The number of carbonyl (C=O) groups excluding carboxylic acids is 1. The maximum Gasteiger partial charge on any atom is 0.253 e. The highest BCUT2D eigenvalue weighted by molar-refractivity contribution is 5.98. The van der Waals surface area contributed by atoms with Gasteiger partial charge in [-0.25, -0.2) is 4.98 Å². The van der Waals surface area contributed by atoms with Crippen LogP contribution >= 0.6 is 0 Å². The van der Waals surface area contributed by atoms with Crippen LogP contribution < -0.4 is 5.32 Å². The Kier molecular flexibility index (Phi) is 2.36. The molecule has 1 amide bonds. The molecular weight excluding hydrogens is 228 g/mol. The zero-order valence-corrected chi connectivity index (χ0v) is 10.8. The summed E-state index contributed by atoms with van der Waals surface area (Å²) in [6, 6.07) is 2.26. The fraction of sp³-hybridized carbons (Fsp3) is 0.462. The van der Waals surface area contributed by atoms with Gasteiger partial charge < -0.3 is 5.32 Å². The maximum absolute atomic E-state index is 12.1. The lowest BCUT2D eigenvalue weighted by atomic mass is 10.1. The van der Waals surface area contributed by atoms with Gasteiger partial charge in [0.15, 0.2) is 5.65 Å². The Morgan fingerprint density at radius 3 is 2.78 bits per heavy atom. The van der Waals surface area contributed by atoms with Crippen LogP contribution in [-0.2, 0) is 7.05 Å². The molecular formula is C13H16N4O. The van der Waals surface area contributed by atoms with Crippen LogP contribution in [0.15, 0.2) is 6.07 Å². The smallest absolute Gasteiger partial charge is 0.253 e. The normalized spacial score (nSPS) is 15.1. The molecule has 2 aromatic rings. The second-order valence-electron chi connectivity index (χ2n) is 4.95. The molecule has 94 valence electrons. The molecule has 1 saturated carbocycles. The molecule has 0 radical (unpaired) electrons. The first-order valence-corrected chi connectivity index (χ1v) is 6.18. The van der Waals surface area contributed by atoms with E-state index in [-0.39, 0.29) is 5.91 Å². The van der Waals surface area contributed by atoms with Gasteiger partial charge in [-0.15, -0.1) is 0 Å². The molecule has 5 nitrogen and oxygen atoms in total. The Hall–Kier alpha value is -1.91. The minimum atomic E-state index is -0.0207. The number of fused-ring (bicyclic) bond motifs is 1. The third-order valence-electron chi connectivity index (χ3n) is 3.35. The third-order valence-corrected chi connectivity index (χ3v) is 3.35. The van der Waals surface area contributed by atoms with E-state index in [0.717, 1.165) is 35.3 Å². The molecule has 18 heavy (non-hydrogen) atoms. The molecule has 0 aromatic carbocycles. The molecule has 3 rings (SSSR count). The Morgan fingerprint density at radius 1 is 1.39 bits per heavy atom. The monoisotopic (exact) mass is 244 g/mol. The van der Waals surface area contributed by atoms with Crippen molar-refractivity contribution in [3.63, 3.8) is 0 Å². The van der Waals surface area contributed by atoms with E-state index in [1.165, 1.54) is 0 Å². The van der Waals surface area contributed by atoms with E-state index in [2.05, 4.69) is 15.4 Å². The highest BCUT2D eigenvalue weighted by Crippen LogP contribution is 2.22. The molecule has 0 spiro atoms. The van der Waals surface area contributed by atoms with Gasteiger partial charge in [0.2, 0.25) is 0 Å². The van der Waals surface area contributed by atoms with Gasteiger partial charge in [-0.2, -0.15) is 5.10 Å². The van der Waals surface area contributed by atoms with Gasteiger partial charge in [0.1, 0.15) is 0 Å². The van der Waals surface area contributed by atoms with Crippen LogP contribution in [0.2, 0.25) is 0 Å². The Labute approximate surface area is 105 Å². The lowest BCUT2D eigenvalue weighted by Gasteiger charge is -2.06. The number of hydrogen-bond acceptors (Lipinski definition) is 3. The minimum absolute atomic E-state index is 0.0207. The number of carbonyl (C=O) groups is 1. The van der Waals surface area contributed by atoms with Crippen LogP contribution in [-0.4, -0.2) is 26.7 Å². The average molecular weight is 244 g/mol. The molecule has 0 aliphatic heterocycles. The van der Waals surface area contributed by atoms with Crippen LogP contribution in [0.4, 0.5) is 0 Å². The number of aromatic nitrogens is 3. The van der Waals surface area contributed by atoms with E-state index in [4.69, 9.17) is 0 Å². The van der Waals surface area contributed by atoms with Crippen LogP contribution in [0.1, 0.15) is 34.6 Å². The van der Waals surface area contributed by atoms with Crippen LogP contribution in [0.5, 0.6) is 0 Å². The number of nitrogens with zero attached hydrogens (tertiary/aromatic N) is 3. The molecule has 1 fully saturated rings. The summed E-state index contributed by atoms with van der Waals surface area (Å²) >= 11 is 0. The van der Waals surface area contributed by atoms with Crippen LogP contribution in [0.3, 0.4) is 0 Å². The van der Waals surface area contributed by atoms with Crippen LogP contribution in [0, 0.1) is 13.8 Å². The molecule has 2 aromatic heterocycles. The van der Waals surface area contributed by atoms with Gasteiger partial charge in [0.05, 0.1) is 17.0 Å². The van der Waals surface area contributed by atoms with Crippen molar-refractivity contribution in [3.8, 4) is 0 Å². The van der Waals surface area contributed by atoms with E-state index < -0.39 is 0 Å². The summed E-state index contributed by atoms with van der Waals surface area (Å²) in [5.41, 5.74) is 3.14. The van der Waals surface area contributed by atoms with Crippen molar-refractivity contribution < 1.29 is 4.79 Å². The Morgan fingerprint density at radius 2 is 2.11 bits per heavy atom. The number of pyridine rings is 1. The average Bonchev–Trinajstić information content (AvgIpc) is 3.07. The largest absolute Gasteiger partial charge is 0.349 e. The maximum atomic E-state index is 12.1. The SMILES string of the molecule is Cc1nc2c(cc1C(=O)NC1CC1)c(C)nn2C. The molecule has 0 atom stereocenters. The zero-order valence-electron chi connectivity index (χ0n) is 10.8. The number of aryl methyl sites for hydroxylation is 3. The lowest BCUT2D eigenvalue weighted by molar-refractivity contribution is 0.0950. The molecule has 2 heterocycles. The number of rotatable bonds is 2. The highest BCUT2D eigenvalue weighted by Gasteiger charge is 2.25. The van der Waals surface area contributed by atoms with Gasteiger partial charge >= 0.3 is 0 Å². The van der Waals surface area contributed by atoms with Crippen LogP contribution in [0.25, 0.3) is 11.0 Å². The second-order valence-corrected chi connectivity index (χ2v) is 4.95. The van der Waals surface area contributed by atoms with Gasteiger partial charge in [0, 0.05) is 18.5 Å². The fourth-order valence-electron chi connectivity index (χ4n) is 2.15. The van der Waals surface area contributed by atoms with E-state index in [9.17, 15) is 4.79 Å². The first-order chi connectivity index (χ1) is 8.56. The molecule has 0 unspecified atom stereocenters. The minimum Gasteiger partial charge on any atom is -0.349 e. The molecule has 1 aliphatic carbocycles. The first kappa shape index (κ1) is 11.2. The summed E-state index contributed by atoms with van der Waals surface area (Å²) in [5, 5.41) is 8.27. The summed E-state index contributed by atoms with van der Waals surface area (Å²) in [5.74, 6) is -0.0207. The van der Waals surface area contributed by atoms with Gasteiger partial charge in [0.25, 0.3) is 5.91 Å². The number of nitrogens with one attached hydrogen (secondary N) is 1.